The van der Waals surface area contributed by atoms with E-state index in [1.54, 1.807) is 4.90 Å². The maximum absolute atomic E-state index is 14.3. The number of nitrogens with one attached hydrogen (secondary N) is 1. The fourth-order valence-electron chi connectivity index (χ4n) is 4.81. The lowest BCUT2D eigenvalue weighted by molar-refractivity contribution is 0.0260. The predicted molar refractivity (Wildman–Crippen MR) is 151 cm³/mol. The lowest BCUT2D eigenvalue weighted by atomic mass is 9.97. The van der Waals surface area contributed by atoms with Gasteiger partial charge in [0, 0.05) is 53.4 Å². The van der Waals surface area contributed by atoms with Crippen LogP contribution in [0.1, 0.15) is 43.1 Å². The number of para-hydroxylation sites is 1. The Hall–Kier alpha value is -4.32. The van der Waals surface area contributed by atoms with Crippen LogP contribution in [0.2, 0.25) is 0 Å². The van der Waals surface area contributed by atoms with E-state index in [9.17, 15) is 9.59 Å². The van der Waals surface area contributed by atoms with E-state index in [-0.39, 0.29) is 12.0 Å². The second kappa shape index (κ2) is 10.6. The highest BCUT2D eigenvalue weighted by molar-refractivity contribution is 6.06. The van der Waals surface area contributed by atoms with Crippen LogP contribution in [0.5, 0.6) is 0 Å². The third-order valence-electron chi connectivity index (χ3n) is 6.65. The molecule has 0 unspecified atom stereocenters. The average Bonchev–Trinajstić information content (AvgIpc) is 3.35. The summed E-state index contributed by atoms with van der Waals surface area (Å²) in [5.74, 6) is -0.0632. The van der Waals surface area contributed by atoms with Crippen LogP contribution < -0.4 is 0 Å². The SMILES string of the molecule is CC(C)(C)OC(=O)N1CC=C(N(Cc2ccccc2)C(=O)c2ccccc2-c2c[nH]c3ccccc23)CC1. The Morgan fingerprint density at radius 1 is 0.921 bits per heavy atom. The molecular weight excluding hydrogens is 474 g/mol. The molecule has 0 radical (unpaired) electrons. The molecule has 0 saturated carbocycles. The number of fused-ring (bicyclic) bond motifs is 1. The van der Waals surface area contributed by atoms with Crippen LogP contribution in [-0.2, 0) is 11.3 Å². The standard InChI is InChI=1S/C32H33N3O3/c1-32(2,3)38-31(37)34-19-17-24(18-20-34)35(22-23-11-5-4-6-12-23)30(36)27-15-8-7-13-25(27)28-21-33-29-16-10-9-14-26(28)29/h4-17,21,33H,18-20,22H2,1-3H3. The second-order valence-electron chi connectivity index (χ2n) is 10.5. The van der Waals surface area contributed by atoms with Crippen LogP contribution >= 0.6 is 0 Å². The highest BCUT2D eigenvalue weighted by atomic mass is 16.6. The van der Waals surface area contributed by atoms with Crippen LogP contribution in [0.3, 0.4) is 0 Å². The first-order chi connectivity index (χ1) is 18.3. The highest BCUT2D eigenvalue weighted by Gasteiger charge is 2.28. The van der Waals surface area contributed by atoms with Crippen molar-refractivity contribution in [2.75, 3.05) is 13.1 Å². The van der Waals surface area contributed by atoms with Crippen LogP contribution in [0.15, 0.2) is 96.8 Å². The minimum Gasteiger partial charge on any atom is -0.444 e. The molecule has 2 heterocycles. The molecular formula is C32H33N3O3. The smallest absolute Gasteiger partial charge is 0.410 e. The molecule has 0 saturated heterocycles. The summed E-state index contributed by atoms with van der Waals surface area (Å²) in [7, 11) is 0. The minimum absolute atomic E-state index is 0.0632. The molecule has 4 aromatic rings. The van der Waals surface area contributed by atoms with Crippen LogP contribution in [-0.4, -0.2) is 45.5 Å². The van der Waals surface area contributed by atoms with Gasteiger partial charge >= 0.3 is 6.09 Å². The van der Waals surface area contributed by atoms with Crippen molar-refractivity contribution in [1.29, 1.82) is 0 Å². The summed E-state index contributed by atoms with van der Waals surface area (Å²) in [6.45, 7) is 6.92. The van der Waals surface area contributed by atoms with Crippen LogP contribution in [0.25, 0.3) is 22.0 Å². The summed E-state index contributed by atoms with van der Waals surface area (Å²) >= 11 is 0. The summed E-state index contributed by atoms with van der Waals surface area (Å²) in [6.07, 6.45) is 4.17. The Kier molecular flexibility index (Phi) is 7.05. The lowest BCUT2D eigenvalue weighted by Gasteiger charge is -2.33. The normalized spacial score (nSPS) is 13.8. The maximum Gasteiger partial charge on any atom is 0.410 e. The number of hydrogen-bond donors (Lipinski definition) is 1. The summed E-state index contributed by atoms with van der Waals surface area (Å²) in [5.41, 5.74) is 4.96. The summed E-state index contributed by atoms with van der Waals surface area (Å²) < 4.78 is 5.55. The van der Waals surface area contributed by atoms with E-state index in [1.165, 1.54) is 0 Å². The lowest BCUT2D eigenvalue weighted by Crippen LogP contribution is -2.41. The number of rotatable bonds is 5. The number of hydrogen-bond acceptors (Lipinski definition) is 3. The van der Waals surface area contributed by atoms with Crippen molar-refractivity contribution in [2.45, 2.75) is 39.3 Å². The fourth-order valence-corrected chi connectivity index (χ4v) is 4.81. The third kappa shape index (κ3) is 5.49. The number of carbonyl (C=O) groups is 2. The maximum atomic E-state index is 14.3. The monoisotopic (exact) mass is 507 g/mol. The quantitative estimate of drug-likeness (QED) is 0.316. The molecule has 38 heavy (non-hydrogen) atoms. The van der Waals surface area contributed by atoms with E-state index in [4.69, 9.17) is 4.74 Å². The Morgan fingerprint density at radius 3 is 2.37 bits per heavy atom. The fraction of sp³-hybridized carbons (Fsp3) is 0.250. The van der Waals surface area contributed by atoms with Crippen molar-refractivity contribution in [3.05, 3.63) is 108 Å². The third-order valence-corrected chi connectivity index (χ3v) is 6.65. The van der Waals surface area contributed by atoms with Gasteiger partial charge < -0.3 is 19.5 Å². The molecule has 5 rings (SSSR count). The average molecular weight is 508 g/mol. The molecule has 6 heteroatoms. The zero-order valence-electron chi connectivity index (χ0n) is 22.1. The van der Waals surface area contributed by atoms with Gasteiger partial charge in [-0.25, -0.2) is 4.79 Å². The number of carbonyl (C=O) groups excluding carboxylic acids is 2. The molecule has 0 aliphatic carbocycles. The molecule has 6 nitrogen and oxygen atoms in total. The van der Waals surface area contributed by atoms with Crippen molar-refractivity contribution in [3.63, 3.8) is 0 Å². The van der Waals surface area contributed by atoms with Crippen LogP contribution in [0.4, 0.5) is 4.79 Å². The van der Waals surface area contributed by atoms with Crippen molar-refractivity contribution in [1.82, 2.24) is 14.8 Å². The van der Waals surface area contributed by atoms with Gasteiger partial charge in [-0.05, 0) is 50.1 Å². The van der Waals surface area contributed by atoms with E-state index in [0.29, 0.717) is 31.6 Å². The first-order valence-corrected chi connectivity index (χ1v) is 13.0. The summed E-state index contributed by atoms with van der Waals surface area (Å²) in [4.78, 5) is 33.8. The predicted octanol–water partition coefficient (Wildman–Crippen LogP) is 7.00. The summed E-state index contributed by atoms with van der Waals surface area (Å²) in [5, 5.41) is 1.08. The number of aromatic amines is 1. The Morgan fingerprint density at radius 2 is 1.63 bits per heavy atom. The van der Waals surface area contributed by atoms with Gasteiger partial charge in [0.25, 0.3) is 5.91 Å². The van der Waals surface area contributed by atoms with Gasteiger partial charge in [0.2, 0.25) is 0 Å². The molecule has 0 bridgehead atoms. The number of amides is 2. The molecule has 1 aliphatic heterocycles. The van der Waals surface area contributed by atoms with E-state index in [0.717, 1.165) is 33.3 Å². The zero-order valence-corrected chi connectivity index (χ0v) is 22.1. The van der Waals surface area contributed by atoms with Crippen molar-refractivity contribution < 1.29 is 14.3 Å². The Balaban J connectivity index is 1.48. The van der Waals surface area contributed by atoms with E-state index < -0.39 is 5.60 Å². The van der Waals surface area contributed by atoms with Gasteiger partial charge in [-0.1, -0.05) is 66.7 Å². The van der Waals surface area contributed by atoms with Gasteiger partial charge in [-0.15, -0.1) is 0 Å². The highest BCUT2D eigenvalue weighted by Crippen LogP contribution is 2.33. The molecule has 1 aliphatic rings. The Bertz CT molecular complexity index is 1480. The van der Waals surface area contributed by atoms with Gasteiger partial charge in [-0.2, -0.15) is 0 Å². The number of H-pyrrole nitrogens is 1. The molecule has 0 fully saturated rings. The second-order valence-corrected chi connectivity index (χ2v) is 10.5. The van der Waals surface area contributed by atoms with Gasteiger partial charge in [0.05, 0.1) is 6.54 Å². The topological polar surface area (TPSA) is 65.6 Å². The zero-order chi connectivity index (χ0) is 26.7. The number of aromatic nitrogens is 1. The number of ether oxygens (including phenoxy) is 1. The van der Waals surface area contributed by atoms with E-state index in [1.807, 2.05) is 111 Å². The van der Waals surface area contributed by atoms with E-state index in [2.05, 4.69) is 11.1 Å². The van der Waals surface area contributed by atoms with Crippen molar-refractivity contribution in [3.8, 4) is 11.1 Å². The molecule has 0 spiro atoms. The molecule has 1 aromatic heterocycles. The van der Waals surface area contributed by atoms with Crippen molar-refractivity contribution in [2.24, 2.45) is 0 Å². The van der Waals surface area contributed by atoms with E-state index >= 15 is 0 Å². The van der Waals surface area contributed by atoms with Gasteiger partial charge in [-0.3, -0.25) is 4.79 Å². The largest absolute Gasteiger partial charge is 0.444 e. The molecule has 3 aromatic carbocycles. The van der Waals surface area contributed by atoms with Gasteiger partial charge in [0.15, 0.2) is 0 Å². The molecule has 0 atom stereocenters. The molecule has 2 amide bonds. The first-order valence-electron chi connectivity index (χ1n) is 13.0. The first kappa shape index (κ1) is 25.3. The Labute approximate surface area is 223 Å². The van der Waals surface area contributed by atoms with Gasteiger partial charge in [0.1, 0.15) is 5.60 Å². The van der Waals surface area contributed by atoms with Crippen molar-refractivity contribution >= 4 is 22.9 Å². The molecule has 1 N–H and O–H groups in total. The van der Waals surface area contributed by atoms with Crippen LogP contribution in [0, 0.1) is 0 Å². The number of benzene rings is 3. The minimum atomic E-state index is -0.553. The molecule has 194 valence electrons. The number of nitrogens with zero attached hydrogens (tertiary/aromatic N) is 2. The summed E-state index contributed by atoms with van der Waals surface area (Å²) in [6, 6.07) is 25.9.